The Balaban J connectivity index is 2.51. The third kappa shape index (κ3) is 5.91. The Morgan fingerprint density at radius 1 is 1.37 bits per heavy atom. The van der Waals surface area contributed by atoms with Gasteiger partial charge in [0.15, 0.2) is 0 Å². The highest BCUT2D eigenvalue weighted by Gasteiger charge is 2.29. The smallest absolute Gasteiger partial charge is 0.320 e. The largest absolute Gasteiger partial charge is 0.465 e. The maximum absolute atomic E-state index is 11.6. The summed E-state index contributed by atoms with van der Waals surface area (Å²) in [4.78, 5) is 13.9. The van der Waals surface area contributed by atoms with Crippen LogP contribution in [-0.2, 0) is 9.53 Å². The van der Waals surface area contributed by atoms with Gasteiger partial charge in [-0.05, 0) is 38.1 Å². The van der Waals surface area contributed by atoms with Crippen molar-refractivity contribution in [3.05, 3.63) is 0 Å². The average Bonchev–Trinajstić information content (AvgIpc) is 2.36. The first-order valence-electron chi connectivity index (χ1n) is 7.68. The summed E-state index contributed by atoms with van der Waals surface area (Å²) in [5, 5.41) is 3.60. The minimum Gasteiger partial charge on any atom is -0.465 e. The summed E-state index contributed by atoms with van der Waals surface area (Å²) in [6.07, 6.45) is 2.37. The predicted octanol–water partition coefficient (Wildman–Crippen LogP) is 1.90. The van der Waals surface area contributed by atoms with E-state index in [1.165, 1.54) is 6.42 Å². The van der Waals surface area contributed by atoms with E-state index >= 15 is 0 Å². The molecule has 0 spiro atoms. The van der Waals surface area contributed by atoms with Crippen LogP contribution in [0.5, 0.6) is 0 Å². The van der Waals surface area contributed by atoms with Crippen LogP contribution in [0.2, 0.25) is 0 Å². The van der Waals surface area contributed by atoms with Crippen LogP contribution in [0, 0.1) is 11.8 Å². The SMILES string of the molecule is CCCNC1CC(C(C)C)CN(CC(=O)OCC)C1. The average molecular weight is 270 g/mol. The van der Waals surface area contributed by atoms with E-state index in [0.717, 1.165) is 26.1 Å². The highest BCUT2D eigenvalue weighted by atomic mass is 16.5. The third-order valence-corrected chi connectivity index (χ3v) is 3.84. The molecule has 0 aliphatic carbocycles. The second-order valence-electron chi connectivity index (χ2n) is 5.89. The van der Waals surface area contributed by atoms with E-state index in [1.807, 2.05) is 6.92 Å². The van der Waals surface area contributed by atoms with E-state index in [1.54, 1.807) is 0 Å². The maximum Gasteiger partial charge on any atom is 0.320 e. The number of esters is 1. The highest BCUT2D eigenvalue weighted by Crippen LogP contribution is 2.23. The third-order valence-electron chi connectivity index (χ3n) is 3.84. The zero-order valence-electron chi connectivity index (χ0n) is 12.9. The van der Waals surface area contributed by atoms with Crippen LogP contribution in [0.25, 0.3) is 0 Å². The molecule has 2 atom stereocenters. The first-order valence-corrected chi connectivity index (χ1v) is 7.68. The van der Waals surface area contributed by atoms with Crippen molar-refractivity contribution >= 4 is 5.97 Å². The number of hydrogen-bond donors (Lipinski definition) is 1. The minimum atomic E-state index is -0.0962. The molecule has 0 saturated carbocycles. The van der Waals surface area contributed by atoms with Gasteiger partial charge in [0.2, 0.25) is 0 Å². The fraction of sp³-hybridized carbons (Fsp3) is 0.933. The van der Waals surface area contributed by atoms with Crippen LogP contribution in [0.3, 0.4) is 0 Å². The summed E-state index contributed by atoms with van der Waals surface area (Å²) in [6, 6.07) is 0.510. The van der Waals surface area contributed by atoms with Crippen molar-refractivity contribution in [2.75, 3.05) is 32.8 Å². The number of rotatable bonds is 7. The number of nitrogens with zero attached hydrogens (tertiary/aromatic N) is 1. The molecule has 4 heteroatoms. The van der Waals surface area contributed by atoms with Crippen molar-refractivity contribution < 1.29 is 9.53 Å². The lowest BCUT2D eigenvalue weighted by Crippen LogP contribution is -2.51. The Kier molecular flexibility index (Phi) is 7.39. The van der Waals surface area contributed by atoms with E-state index in [-0.39, 0.29) is 5.97 Å². The van der Waals surface area contributed by atoms with Crippen molar-refractivity contribution in [3.8, 4) is 0 Å². The molecule has 2 unspecified atom stereocenters. The molecule has 1 aliphatic rings. The predicted molar refractivity (Wildman–Crippen MR) is 78.1 cm³/mol. The van der Waals surface area contributed by atoms with Crippen molar-refractivity contribution in [3.63, 3.8) is 0 Å². The molecule has 4 nitrogen and oxygen atoms in total. The van der Waals surface area contributed by atoms with E-state index < -0.39 is 0 Å². The zero-order valence-corrected chi connectivity index (χ0v) is 12.9. The standard InChI is InChI=1S/C15H30N2O2/c1-5-7-16-14-8-13(12(3)4)9-17(10-14)11-15(18)19-6-2/h12-14,16H,5-11H2,1-4H3. The first-order chi connectivity index (χ1) is 9.06. The molecular formula is C15H30N2O2. The van der Waals surface area contributed by atoms with Crippen LogP contribution < -0.4 is 5.32 Å². The lowest BCUT2D eigenvalue weighted by molar-refractivity contribution is -0.145. The van der Waals surface area contributed by atoms with Crippen LogP contribution in [0.4, 0.5) is 0 Å². The van der Waals surface area contributed by atoms with Crippen LogP contribution in [0.15, 0.2) is 0 Å². The van der Waals surface area contributed by atoms with Gasteiger partial charge in [0.25, 0.3) is 0 Å². The van der Waals surface area contributed by atoms with Gasteiger partial charge in [-0.2, -0.15) is 0 Å². The fourth-order valence-corrected chi connectivity index (χ4v) is 2.73. The summed E-state index contributed by atoms with van der Waals surface area (Å²) in [6.45, 7) is 12.5. The van der Waals surface area contributed by atoms with Gasteiger partial charge in [-0.15, -0.1) is 0 Å². The first kappa shape index (κ1) is 16.4. The van der Waals surface area contributed by atoms with Crippen LogP contribution >= 0.6 is 0 Å². The molecule has 0 aromatic rings. The zero-order chi connectivity index (χ0) is 14.3. The number of hydrogen-bond acceptors (Lipinski definition) is 4. The molecule has 1 rings (SSSR count). The molecule has 1 saturated heterocycles. The summed E-state index contributed by atoms with van der Waals surface area (Å²) in [5.74, 6) is 1.23. The number of piperidine rings is 1. The molecule has 0 bridgehead atoms. The summed E-state index contributed by atoms with van der Waals surface area (Å²) >= 11 is 0. The molecule has 0 aromatic heterocycles. The number of carbonyl (C=O) groups is 1. The van der Waals surface area contributed by atoms with Gasteiger partial charge in [0.05, 0.1) is 13.2 Å². The summed E-state index contributed by atoms with van der Waals surface area (Å²) in [5.41, 5.74) is 0. The van der Waals surface area contributed by atoms with Gasteiger partial charge in [0, 0.05) is 19.1 Å². The van der Waals surface area contributed by atoms with Gasteiger partial charge in [0.1, 0.15) is 0 Å². The normalized spacial score (nSPS) is 24.7. The van der Waals surface area contributed by atoms with Gasteiger partial charge in [-0.1, -0.05) is 20.8 Å². The van der Waals surface area contributed by atoms with E-state index in [9.17, 15) is 4.79 Å². The topological polar surface area (TPSA) is 41.6 Å². The molecule has 1 heterocycles. The van der Waals surface area contributed by atoms with Crippen molar-refractivity contribution in [2.24, 2.45) is 11.8 Å². The highest BCUT2D eigenvalue weighted by molar-refractivity contribution is 5.71. The molecular weight excluding hydrogens is 240 g/mol. The van der Waals surface area contributed by atoms with E-state index in [0.29, 0.717) is 31.0 Å². The molecule has 112 valence electrons. The van der Waals surface area contributed by atoms with E-state index in [2.05, 4.69) is 31.0 Å². The quantitative estimate of drug-likeness (QED) is 0.717. The number of nitrogens with one attached hydrogen (secondary N) is 1. The molecule has 0 amide bonds. The number of likely N-dealkylation sites (tertiary alicyclic amines) is 1. The van der Waals surface area contributed by atoms with E-state index in [4.69, 9.17) is 4.74 Å². The van der Waals surface area contributed by atoms with Gasteiger partial charge in [-0.25, -0.2) is 0 Å². The Morgan fingerprint density at radius 2 is 2.11 bits per heavy atom. The van der Waals surface area contributed by atoms with Crippen molar-refractivity contribution in [2.45, 2.75) is 46.6 Å². The molecule has 0 radical (unpaired) electrons. The Labute approximate surface area is 117 Å². The van der Waals surface area contributed by atoms with Crippen LogP contribution in [0.1, 0.15) is 40.5 Å². The monoisotopic (exact) mass is 270 g/mol. The molecule has 1 fully saturated rings. The fourth-order valence-electron chi connectivity index (χ4n) is 2.73. The summed E-state index contributed by atoms with van der Waals surface area (Å²) < 4.78 is 5.06. The van der Waals surface area contributed by atoms with Gasteiger partial charge >= 0.3 is 5.97 Å². The molecule has 0 aromatic carbocycles. The molecule has 19 heavy (non-hydrogen) atoms. The van der Waals surface area contributed by atoms with Crippen molar-refractivity contribution in [1.29, 1.82) is 0 Å². The number of ether oxygens (including phenoxy) is 1. The second kappa shape index (κ2) is 8.54. The van der Waals surface area contributed by atoms with Crippen molar-refractivity contribution in [1.82, 2.24) is 10.2 Å². The minimum absolute atomic E-state index is 0.0962. The lowest BCUT2D eigenvalue weighted by atomic mass is 9.85. The van der Waals surface area contributed by atoms with Crippen LogP contribution in [-0.4, -0.2) is 49.7 Å². The summed E-state index contributed by atoms with van der Waals surface area (Å²) in [7, 11) is 0. The number of carbonyl (C=O) groups excluding carboxylic acids is 1. The lowest BCUT2D eigenvalue weighted by Gasteiger charge is -2.39. The second-order valence-corrected chi connectivity index (χ2v) is 5.89. The molecule has 1 N–H and O–H groups in total. The Morgan fingerprint density at radius 3 is 2.68 bits per heavy atom. The molecule has 1 aliphatic heterocycles. The maximum atomic E-state index is 11.6. The van der Waals surface area contributed by atoms with Gasteiger partial charge in [-0.3, -0.25) is 9.69 Å². The Bertz CT molecular complexity index is 269. The van der Waals surface area contributed by atoms with Gasteiger partial charge < -0.3 is 10.1 Å². The Hall–Kier alpha value is -0.610.